The third-order valence-corrected chi connectivity index (χ3v) is 6.87. The van der Waals surface area contributed by atoms with E-state index in [9.17, 15) is 9.59 Å². The Hall–Kier alpha value is -2.97. The summed E-state index contributed by atoms with van der Waals surface area (Å²) >= 11 is 7.58. The summed E-state index contributed by atoms with van der Waals surface area (Å²) in [6.45, 7) is 0.860. The second-order valence-corrected chi connectivity index (χ2v) is 8.98. The predicted molar refractivity (Wildman–Crippen MR) is 124 cm³/mol. The van der Waals surface area contributed by atoms with E-state index in [4.69, 9.17) is 11.6 Å². The first kappa shape index (κ1) is 20.0. The Balaban J connectivity index is 1.28. The van der Waals surface area contributed by atoms with Gasteiger partial charge in [-0.3, -0.25) is 19.0 Å². The number of carbonyl (C=O) groups is 1. The number of thiazole rings is 1. The summed E-state index contributed by atoms with van der Waals surface area (Å²) in [4.78, 5) is 36.2. The number of nitrogens with zero attached hydrogens (tertiary/aromatic N) is 3. The normalized spacial score (nSPS) is 13.3. The number of carbonyl (C=O) groups excluding carboxylic acids is 1. The van der Waals surface area contributed by atoms with Crippen molar-refractivity contribution in [1.82, 2.24) is 19.7 Å². The number of rotatable bonds is 5. The van der Waals surface area contributed by atoms with Gasteiger partial charge < -0.3 is 10.6 Å². The standard InChI is InChI=1S/C22H20ClN5O2S/c23-13-5-6-14-16(7-8-24-17(14)11-13)25-9-10-26-20(29)15-12-27-22-28(21(15)30)18-3-1-2-4-19(18)31-22/h5-8,11-12H,1-4,9-10H2,(H,24,25)(H,26,29). The van der Waals surface area contributed by atoms with Gasteiger partial charge in [0.25, 0.3) is 11.5 Å². The lowest BCUT2D eigenvalue weighted by Gasteiger charge is -2.11. The van der Waals surface area contributed by atoms with Crippen LogP contribution in [0.1, 0.15) is 33.8 Å². The molecule has 0 bridgehead atoms. The Morgan fingerprint density at radius 1 is 1.16 bits per heavy atom. The number of fused-ring (bicyclic) bond motifs is 4. The molecule has 2 N–H and O–H groups in total. The van der Waals surface area contributed by atoms with Gasteiger partial charge in [-0.25, -0.2) is 4.98 Å². The molecule has 1 aliphatic carbocycles. The number of halogens is 1. The van der Waals surface area contributed by atoms with Gasteiger partial charge in [0.15, 0.2) is 4.96 Å². The smallest absolute Gasteiger partial charge is 0.271 e. The van der Waals surface area contributed by atoms with Gasteiger partial charge in [-0.15, -0.1) is 11.3 Å². The number of anilines is 1. The molecule has 0 fully saturated rings. The Kier molecular flexibility index (Phi) is 5.33. The number of amides is 1. The number of hydrogen-bond donors (Lipinski definition) is 2. The number of benzene rings is 1. The molecule has 7 nitrogen and oxygen atoms in total. The van der Waals surface area contributed by atoms with Crippen molar-refractivity contribution < 1.29 is 4.79 Å². The third-order valence-electron chi connectivity index (χ3n) is 5.48. The molecular formula is C22H20ClN5O2S. The Morgan fingerprint density at radius 3 is 2.94 bits per heavy atom. The zero-order chi connectivity index (χ0) is 21.4. The molecule has 0 atom stereocenters. The van der Waals surface area contributed by atoms with Gasteiger partial charge in [0.2, 0.25) is 0 Å². The van der Waals surface area contributed by atoms with Crippen LogP contribution in [0.15, 0.2) is 41.5 Å². The summed E-state index contributed by atoms with van der Waals surface area (Å²) in [5, 5.41) is 7.70. The van der Waals surface area contributed by atoms with Crippen molar-refractivity contribution in [1.29, 1.82) is 0 Å². The van der Waals surface area contributed by atoms with Crippen molar-refractivity contribution in [3.63, 3.8) is 0 Å². The van der Waals surface area contributed by atoms with Crippen LogP contribution in [0.2, 0.25) is 5.02 Å². The van der Waals surface area contributed by atoms with Crippen LogP contribution >= 0.6 is 22.9 Å². The van der Waals surface area contributed by atoms with Crippen LogP contribution in [0.25, 0.3) is 15.9 Å². The summed E-state index contributed by atoms with van der Waals surface area (Å²) in [6.07, 6.45) is 7.13. The van der Waals surface area contributed by atoms with Gasteiger partial charge in [0.1, 0.15) is 5.56 Å². The van der Waals surface area contributed by atoms with Crippen molar-refractivity contribution in [3.8, 4) is 0 Å². The van der Waals surface area contributed by atoms with Crippen molar-refractivity contribution >= 4 is 50.4 Å². The molecule has 158 valence electrons. The second kappa shape index (κ2) is 8.28. The lowest BCUT2D eigenvalue weighted by Crippen LogP contribution is -2.34. The van der Waals surface area contributed by atoms with Crippen LogP contribution < -0.4 is 16.2 Å². The Bertz CT molecular complexity index is 1360. The van der Waals surface area contributed by atoms with Crippen molar-refractivity contribution in [2.24, 2.45) is 0 Å². The van der Waals surface area contributed by atoms with E-state index in [0.29, 0.717) is 23.1 Å². The summed E-state index contributed by atoms with van der Waals surface area (Å²) < 4.78 is 1.63. The second-order valence-electron chi connectivity index (χ2n) is 7.48. The average Bonchev–Trinajstić information content (AvgIpc) is 3.16. The van der Waals surface area contributed by atoms with Gasteiger partial charge >= 0.3 is 0 Å². The van der Waals surface area contributed by atoms with E-state index in [1.54, 1.807) is 21.9 Å². The minimum Gasteiger partial charge on any atom is -0.383 e. The van der Waals surface area contributed by atoms with E-state index in [0.717, 1.165) is 48.0 Å². The first-order valence-electron chi connectivity index (χ1n) is 10.2. The molecule has 4 aromatic rings. The summed E-state index contributed by atoms with van der Waals surface area (Å²) in [6, 6.07) is 7.42. The van der Waals surface area contributed by atoms with E-state index in [1.165, 1.54) is 11.1 Å². The molecule has 0 spiro atoms. The number of nitrogens with one attached hydrogen (secondary N) is 2. The highest BCUT2D eigenvalue weighted by molar-refractivity contribution is 7.17. The highest BCUT2D eigenvalue weighted by Crippen LogP contribution is 2.28. The van der Waals surface area contributed by atoms with Crippen LogP contribution in [0, 0.1) is 0 Å². The van der Waals surface area contributed by atoms with E-state index in [1.807, 2.05) is 24.3 Å². The van der Waals surface area contributed by atoms with E-state index >= 15 is 0 Å². The fourth-order valence-electron chi connectivity index (χ4n) is 3.97. The first-order valence-corrected chi connectivity index (χ1v) is 11.4. The highest BCUT2D eigenvalue weighted by atomic mass is 35.5. The molecule has 0 aliphatic heterocycles. The van der Waals surface area contributed by atoms with Crippen LogP contribution in [-0.2, 0) is 12.8 Å². The Morgan fingerprint density at radius 2 is 2.03 bits per heavy atom. The maximum absolute atomic E-state index is 13.0. The molecule has 1 aliphatic rings. The zero-order valence-electron chi connectivity index (χ0n) is 16.7. The van der Waals surface area contributed by atoms with Crippen molar-refractivity contribution in [2.75, 3.05) is 18.4 Å². The quantitative estimate of drug-likeness (QED) is 0.450. The van der Waals surface area contributed by atoms with Crippen LogP contribution in [-0.4, -0.2) is 33.4 Å². The van der Waals surface area contributed by atoms with Crippen LogP contribution in [0.4, 0.5) is 5.69 Å². The molecule has 3 aromatic heterocycles. The maximum Gasteiger partial charge on any atom is 0.271 e. The topological polar surface area (TPSA) is 88.4 Å². The first-order chi connectivity index (χ1) is 15.1. The zero-order valence-corrected chi connectivity index (χ0v) is 18.2. The largest absolute Gasteiger partial charge is 0.383 e. The van der Waals surface area contributed by atoms with Crippen LogP contribution in [0.5, 0.6) is 0 Å². The fourth-order valence-corrected chi connectivity index (χ4v) is 5.30. The fraction of sp³-hybridized carbons (Fsp3) is 0.273. The number of hydrogen-bond acceptors (Lipinski definition) is 6. The van der Waals surface area contributed by atoms with Gasteiger partial charge in [-0.05, 0) is 49.9 Å². The molecule has 1 aromatic carbocycles. The number of pyridine rings is 1. The van der Waals surface area contributed by atoms with Gasteiger partial charge in [-0.2, -0.15) is 0 Å². The molecule has 9 heteroatoms. The number of aryl methyl sites for hydroxylation is 2. The summed E-state index contributed by atoms with van der Waals surface area (Å²) in [5.41, 5.74) is 2.52. The molecule has 1 amide bonds. The number of aromatic nitrogens is 3. The van der Waals surface area contributed by atoms with Gasteiger partial charge in [-0.1, -0.05) is 11.6 Å². The lowest BCUT2D eigenvalue weighted by atomic mass is 10.0. The monoisotopic (exact) mass is 453 g/mol. The predicted octanol–water partition coefficient (Wildman–Crippen LogP) is 3.68. The lowest BCUT2D eigenvalue weighted by molar-refractivity contribution is 0.0953. The molecule has 0 unspecified atom stereocenters. The molecule has 3 heterocycles. The third kappa shape index (κ3) is 3.77. The molecule has 0 radical (unpaired) electrons. The molecule has 0 saturated heterocycles. The molecule has 5 rings (SSSR count). The van der Waals surface area contributed by atoms with Crippen molar-refractivity contribution in [3.05, 3.63) is 68.2 Å². The Labute approximate surface area is 187 Å². The van der Waals surface area contributed by atoms with E-state index in [2.05, 4.69) is 20.6 Å². The summed E-state index contributed by atoms with van der Waals surface area (Å²) in [5.74, 6) is -0.407. The maximum atomic E-state index is 13.0. The molecule has 0 saturated carbocycles. The minimum atomic E-state index is -0.407. The molecular weight excluding hydrogens is 434 g/mol. The highest BCUT2D eigenvalue weighted by Gasteiger charge is 2.21. The average molecular weight is 454 g/mol. The minimum absolute atomic E-state index is 0.0766. The SMILES string of the molecule is O=C(NCCNc1ccnc2cc(Cl)ccc12)c1cnc2sc3c(n2c1=O)CCCC3. The summed E-state index contributed by atoms with van der Waals surface area (Å²) in [7, 11) is 0. The molecule has 31 heavy (non-hydrogen) atoms. The van der Waals surface area contributed by atoms with E-state index < -0.39 is 5.91 Å². The van der Waals surface area contributed by atoms with Crippen molar-refractivity contribution in [2.45, 2.75) is 25.7 Å². The van der Waals surface area contributed by atoms with E-state index in [-0.39, 0.29) is 11.1 Å². The van der Waals surface area contributed by atoms with Crippen LogP contribution in [0.3, 0.4) is 0 Å². The van der Waals surface area contributed by atoms with Gasteiger partial charge in [0, 0.05) is 52.2 Å². The van der Waals surface area contributed by atoms with Gasteiger partial charge in [0.05, 0.1) is 5.52 Å².